The summed E-state index contributed by atoms with van der Waals surface area (Å²) in [7, 11) is 0. The SMILES string of the molecule is CC(C)C(=O)Nc1nc2c(ncn2[C@H]2O[C@H](CO)[C@@H](O)[C@@H]2O)c(=O)[nH]1. The number of hydrogen-bond donors (Lipinski definition) is 5. The second kappa shape index (κ2) is 6.52. The van der Waals surface area contributed by atoms with E-state index in [-0.39, 0.29) is 28.9 Å². The van der Waals surface area contributed by atoms with Gasteiger partial charge in [0.05, 0.1) is 12.9 Å². The molecule has 25 heavy (non-hydrogen) atoms. The highest BCUT2D eigenvalue weighted by atomic mass is 16.6. The third-order valence-corrected chi connectivity index (χ3v) is 3.99. The van der Waals surface area contributed by atoms with Gasteiger partial charge >= 0.3 is 0 Å². The summed E-state index contributed by atoms with van der Waals surface area (Å²) in [6.07, 6.45) is -3.46. The molecule has 2 aromatic heterocycles. The fraction of sp³-hybridized carbons (Fsp3) is 0.571. The van der Waals surface area contributed by atoms with Crippen LogP contribution in [0.15, 0.2) is 11.1 Å². The van der Waals surface area contributed by atoms with Crippen LogP contribution in [-0.4, -0.2) is 65.7 Å². The van der Waals surface area contributed by atoms with E-state index >= 15 is 0 Å². The van der Waals surface area contributed by atoms with Gasteiger partial charge in [0.15, 0.2) is 17.4 Å². The van der Waals surface area contributed by atoms with Crippen LogP contribution in [0.3, 0.4) is 0 Å². The Balaban J connectivity index is 2.01. The number of carbonyl (C=O) groups is 1. The summed E-state index contributed by atoms with van der Waals surface area (Å²) in [5.41, 5.74) is -0.521. The molecule has 3 heterocycles. The molecular formula is C14H19N5O6. The maximum atomic E-state index is 12.1. The number of aromatic nitrogens is 4. The number of fused-ring (bicyclic) bond motifs is 1. The molecule has 2 aromatic rings. The third-order valence-electron chi connectivity index (χ3n) is 3.99. The number of rotatable bonds is 4. The lowest BCUT2D eigenvalue weighted by Gasteiger charge is -2.16. The topological polar surface area (TPSA) is 163 Å². The van der Waals surface area contributed by atoms with Crippen molar-refractivity contribution in [2.24, 2.45) is 5.92 Å². The monoisotopic (exact) mass is 353 g/mol. The Morgan fingerprint density at radius 3 is 2.76 bits per heavy atom. The first kappa shape index (κ1) is 17.5. The highest BCUT2D eigenvalue weighted by Crippen LogP contribution is 2.30. The second-order valence-corrected chi connectivity index (χ2v) is 6.11. The van der Waals surface area contributed by atoms with Crippen molar-refractivity contribution in [1.82, 2.24) is 19.5 Å². The molecule has 1 fully saturated rings. The molecule has 0 bridgehead atoms. The number of anilines is 1. The molecule has 1 amide bonds. The van der Waals surface area contributed by atoms with Gasteiger partial charge in [0.1, 0.15) is 18.3 Å². The molecule has 0 unspecified atom stereocenters. The number of aromatic amines is 1. The molecule has 1 aliphatic heterocycles. The summed E-state index contributed by atoms with van der Waals surface area (Å²) in [6.45, 7) is 2.90. The normalized spacial score (nSPS) is 26.5. The van der Waals surface area contributed by atoms with Crippen molar-refractivity contribution in [2.75, 3.05) is 11.9 Å². The van der Waals surface area contributed by atoms with Gasteiger partial charge in [-0.1, -0.05) is 13.8 Å². The van der Waals surface area contributed by atoms with Crippen molar-refractivity contribution in [3.8, 4) is 0 Å². The van der Waals surface area contributed by atoms with E-state index in [1.54, 1.807) is 13.8 Å². The Kier molecular flexibility index (Phi) is 4.56. The second-order valence-electron chi connectivity index (χ2n) is 6.11. The molecule has 11 heteroatoms. The number of ether oxygens (including phenoxy) is 1. The fourth-order valence-electron chi connectivity index (χ4n) is 2.54. The quantitative estimate of drug-likeness (QED) is 0.435. The molecule has 0 saturated carbocycles. The summed E-state index contributed by atoms with van der Waals surface area (Å²) < 4.78 is 6.70. The van der Waals surface area contributed by atoms with Gasteiger partial charge in [-0.05, 0) is 0 Å². The van der Waals surface area contributed by atoms with Crippen molar-refractivity contribution in [2.45, 2.75) is 38.4 Å². The van der Waals surface area contributed by atoms with Gasteiger partial charge in [-0.2, -0.15) is 4.98 Å². The predicted octanol–water partition coefficient (Wildman–Crippen LogP) is -1.67. The summed E-state index contributed by atoms with van der Waals surface area (Å²) in [6, 6.07) is 0. The lowest BCUT2D eigenvalue weighted by atomic mass is 10.1. The number of H-pyrrole nitrogens is 1. The van der Waals surface area contributed by atoms with Crippen LogP contribution in [0.1, 0.15) is 20.1 Å². The van der Waals surface area contributed by atoms with Crippen LogP contribution >= 0.6 is 0 Å². The number of carbonyl (C=O) groups excluding carboxylic acids is 1. The van der Waals surface area contributed by atoms with E-state index in [1.807, 2.05) is 0 Å². The Morgan fingerprint density at radius 1 is 1.44 bits per heavy atom. The number of nitrogens with one attached hydrogen (secondary N) is 2. The van der Waals surface area contributed by atoms with Crippen LogP contribution in [-0.2, 0) is 9.53 Å². The molecule has 0 aliphatic carbocycles. The Bertz CT molecular complexity index is 846. The molecule has 0 radical (unpaired) electrons. The maximum Gasteiger partial charge on any atom is 0.280 e. The molecule has 1 aliphatic rings. The van der Waals surface area contributed by atoms with Crippen molar-refractivity contribution in [1.29, 1.82) is 0 Å². The first-order valence-electron chi connectivity index (χ1n) is 7.73. The Hall–Kier alpha value is -2.34. The summed E-state index contributed by atoms with van der Waals surface area (Å²) >= 11 is 0. The van der Waals surface area contributed by atoms with Crippen LogP contribution in [0.5, 0.6) is 0 Å². The molecule has 3 rings (SSSR count). The van der Waals surface area contributed by atoms with Crippen molar-refractivity contribution in [3.05, 3.63) is 16.7 Å². The molecule has 136 valence electrons. The molecular weight excluding hydrogens is 334 g/mol. The number of hydrogen-bond acceptors (Lipinski definition) is 8. The zero-order chi connectivity index (χ0) is 18.3. The maximum absolute atomic E-state index is 12.1. The highest BCUT2D eigenvalue weighted by molar-refractivity contribution is 5.91. The molecule has 5 N–H and O–H groups in total. The van der Waals surface area contributed by atoms with Crippen molar-refractivity contribution in [3.63, 3.8) is 0 Å². The zero-order valence-corrected chi connectivity index (χ0v) is 13.6. The lowest BCUT2D eigenvalue weighted by Crippen LogP contribution is -2.33. The highest BCUT2D eigenvalue weighted by Gasteiger charge is 2.44. The number of amides is 1. The molecule has 0 aromatic carbocycles. The van der Waals surface area contributed by atoms with E-state index in [4.69, 9.17) is 4.74 Å². The largest absolute Gasteiger partial charge is 0.394 e. The minimum atomic E-state index is -1.34. The first-order chi connectivity index (χ1) is 11.8. The van der Waals surface area contributed by atoms with E-state index in [1.165, 1.54) is 10.9 Å². The van der Waals surface area contributed by atoms with Crippen molar-refractivity contribution >= 4 is 23.0 Å². The van der Waals surface area contributed by atoms with Gasteiger partial charge in [-0.15, -0.1) is 0 Å². The number of nitrogens with zero attached hydrogens (tertiary/aromatic N) is 3. The summed E-state index contributed by atoms with van der Waals surface area (Å²) in [5, 5.41) is 31.7. The molecule has 11 nitrogen and oxygen atoms in total. The van der Waals surface area contributed by atoms with E-state index < -0.39 is 36.7 Å². The lowest BCUT2D eigenvalue weighted by molar-refractivity contribution is -0.118. The minimum Gasteiger partial charge on any atom is -0.394 e. The van der Waals surface area contributed by atoms with Crippen LogP contribution in [0.25, 0.3) is 11.2 Å². The molecule has 0 spiro atoms. The van der Waals surface area contributed by atoms with Gasteiger partial charge in [0.2, 0.25) is 11.9 Å². The zero-order valence-electron chi connectivity index (χ0n) is 13.6. The molecule has 1 saturated heterocycles. The van der Waals surface area contributed by atoms with Crippen LogP contribution in [0.2, 0.25) is 0 Å². The predicted molar refractivity (Wildman–Crippen MR) is 84.6 cm³/mol. The Morgan fingerprint density at radius 2 is 2.16 bits per heavy atom. The van der Waals surface area contributed by atoms with Crippen molar-refractivity contribution < 1.29 is 24.9 Å². The van der Waals surface area contributed by atoms with Gasteiger partial charge in [0, 0.05) is 5.92 Å². The van der Waals surface area contributed by atoms with Crippen LogP contribution in [0.4, 0.5) is 5.95 Å². The van der Waals surface area contributed by atoms with Crippen LogP contribution < -0.4 is 10.9 Å². The minimum absolute atomic E-state index is 0.0136. The summed E-state index contributed by atoms with van der Waals surface area (Å²) in [5.74, 6) is -0.711. The smallest absolute Gasteiger partial charge is 0.280 e. The van der Waals surface area contributed by atoms with E-state index in [2.05, 4.69) is 20.3 Å². The van der Waals surface area contributed by atoms with Gasteiger partial charge < -0.3 is 20.1 Å². The van der Waals surface area contributed by atoms with E-state index in [0.29, 0.717) is 0 Å². The standard InChI is InChI=1S/C14H19N5O6/c1-5(2)11(23)17-14-16-10-7(12(24)18-14)15-4-19(10)13-9(22)8(21)6(3-20)25-13/h4-6,8-9,13,20-22H,3H2,1-2H3,(H2,16,17,18,23,24)/t6-,8-,9+,13+/m1/s1. The number of aliphatic hydroxyl groups is 3. The number of imidazole rings is 1. The fourth-order valence-corrected chi connectivity index (χ4v) is 2.54. The van der Waals surface area contributed by atoms with Gasteiger partial charge in [-0.25, -0.2) is 4.98 Å². The Labute approximate surface area is 141 Å². The average molecular weight is 353 g/mol. The third kappa shape index (κ3) is 3.02. The van der Waals surface area contributed by atoms with Gasteiger partial charge in [-0.3, -0.25) is 24.5 Å². The summed E-state index contributed by atoms with van der Waals surface area (Å²) in [4.78, 5) is 34.4. The van der Waals surface area contributed by atoms with E-state index in [9.17, 15) is 24.9 Å². The first-order valence-corrected chi connectivity index (χ1v) is 7.73. The van der Waals surface area contributed by atoms with Gasteiger partial charge in [0.25, 0.3) is 5.56 Å². The van der Waals surface area contributed by atoms with E-state index in [0.717, 1.165) is 0 Å². The van der Waals surface area contributed by atoms with Crippen LogP contribution in [0, 0.1) is 5.92 Å². The average Bonchev–Trinajstić information content (AvgIpc) is 3.10. The number of aliphatic hydroxyl groups excluding tert-OH is 3. The molecule has 4 atom stereocenters.